The van der Waals surface area contributed by atoms with Crippen LogP contribution in [-0.4, -0.2) is 30.1 Å². The van der Waals surface area contributed by atoms with E-state index in [1.807, 2.05) is 54.6 Å². The van der Waals surface area contributed by atoms with Gasteiger partial charge in [-0.3, -0.25) is 10.2 Å². The van der Waals surface area contributed by atoms with Crippen LogP contribution in [0.15, 0.2) is 83.5 Å². The van der Waals surface area contributed by atoms with Crippen molar-refractivity contribution in [2.24, 2.45) is 0 Å². The Morgan fingerprint density at radius 2 is 1.81 bits per heavy atom. The second-order valence-electron chi connectivity index (χ2n) is 6.79. The minimum absolute atomic E-state index is 0.213. The molecule has 0 fully saturated rings. The number of para-hydroxylation sites is 1. The third kappa shape index (κ3) is 4.45. The van der Waals surface area contributed by atoms with Gasteiger partial charge in [0.25, 0.3) is 0 Å². The standard InChI is InChI=1S/C24H22N2O5/c1-2-29-23(27)16-31-21-12-7-6-11-18(21)20-15-19(17-9-4-3-5-10-17)25-26(20)24(28)22-13-8-14-30-22/h3-15,20,25H,2,16H2,1H3/t20-/m1/s1. The smallest absolute Gasteiger partial charge is 0.344 e. The van der Waals surface area contributed by atoms with Crippen LogP contribution in [-0.2, 0) is 9.53 Å². The SMILES string of the molecule is CCOC(=O)COc1ccccc1[C@H]1C=C(c2ccccc2)NN1C(=O)c1ccco1. The lowest BCUT2D eigenvalue weighted by Gasteiger charge is -2.26. The number of nitrogens with zero attached hydrogens (tertiary/aromatic N) is 1. The van der Waals surface area contributed by atoms with Crippen molar-refractivity contribution in [2.45, 2.75) is 13.0 Å². The normalized spacial score (nSPS) is 15.2. The molecule has 158 valence electrons. The summed E-state index contributed by atoms with van der Waals surface area (Å²) >= 11 is 0. The number of hydrogen-bond donors (Lipinski definition) is 1. The minimum atomic E-state index is -0.480. The average Bonchev–Trinajstić information content (AvgIpc) is 3.49. The number of rotatable bonds is 7. The molecule has 2 heterocycles. The molecule has 1 aliphatic rings. The maximum absolute atomic E-state index is 13.2. The van der Waals surface area contributed by atoms with E-state index in [1.165, 1.54) is 11.3 Å². The van der Waals surface area contributed by atoms with Crippen molar-refractivity contribution in [1.29, 1.82) is 0 Å². The summed E-state index contributed by atoms with van der Waals surface area (Å²) in [7, 11) is 0. The topological polar surface area (TPSA) is 81.0 Å². The second kappa shape index (κ2) is 9.21. The highest BCUT2D eigenvalue weighted by Gasteiger charge is 2.34. The Balaban J connectivity index is 1.68. The number of carbonyl (C=O) groups is 2. The fourth-order valence-electron chi connectivity index (χ4n) is 3.37. The van der Waals surface area contributed by atoms with Crippen LogP contribution in [0.2, 0.25) is 0 Å². The molecule has 0 spiro atoms. The van der Waals surface area contributed by atoms with Crippen molar-refractivity contribution in [3.8, 4) is 5.75 Å². The van der Waals surface area contributed by atoms with Gasteiger partial charge in [-0.1, -0.05) is 48.5 Å². The number of ether oxygens (including phenoxy) is 2. The van der Waals surface area contributed by atoms with E-state index < -0.39 is 12.0 Å². The molecule has 0 saturated carbocycles. The predicted molar refractivity (Wildman–Crippen MR) is 114 cm³/mol. The van der Waals surface area contributed by atoms with Gasteiger partial charge in [0.2, 0.25) is 0 Å². The number of esters is 1. The minimum Gasteiger partial charge on any atom is -0.482 e. The van der Waals surface area contributed by atoms with Crippen LogP contribution >= 0.6 is 0 Å². The number of carbonyl (C=O) groups excluding carboxylic acids is 2. The van der Waals surface area contributed by atoms with Gasteiger partial charge in [-0.2, -0.15) is 0 Å². The van der Waals surface area contributed by atoms with E-state index in [-0.39, 0.29) is 24.9 Å². The third-order valence-electron chi connectivity index (χ3n) is 4.77. The van der Waals surface area contributed by atoms with E-state index in [9.17, 15) is 9.59 Å². The molecule has 31 heavy (non-hydrogen) atoms. The number of amides is 1. The van der Waals surface area contributed by atoms with Gasteiger partial charge in [0.15, 0.2) is 12.4 Å². The molecule has 1 amide bonds. The highest BCUT2D eigenvalue weighted by molar-refractivity contribution is 5.93. The number of nitrogens with one attached hydrogen (secondary N) is 1. The Labute approximate surface area is 179 Å². The molecule has 1 aromatic heterocycles. The van der Waals surface area contributed by atoms with Crippen molar-refractivity contribution in [3.63, 3.8) is 0 Å². The van der Waals surface area contributed by atoms with Crippen LogP contribution < -0.4 is 10.2 Å². The molecule has 7 nitrogen and oxygen atoms in total. The number of furan rings is 1. The summed E-state index contributed by atoms with van der Waals surface area (Å²) < 4.78 is 16.0. The van der Waals surface area contributed by atoms with Gasteiger partial charge in [0.1, 0.15) is 11.8 Å². The number of benzene rings is 2. The van der Waals surface area contributed by atoms with Gasteiger partial charge in [-0.15, -0.1) is 0 Å². The number of hydrogen-bond acceptors (Lipinski definition) is 6. The van der Waals surface area contributed by atoms with E-state index in [2.05, 4.69) is 5.43 Å². The largest absolute Gasteiger partial charge is 0.482 e. The van der Waals surface area contributed by atoms with E-state index in [1.54, 1.807) is 25.1 Å². The maximum Gasteiger partial charge on any atom is 0.344 e. The quantitative estimate of drug-likeness (QED) is 0.585. The zero-order chi connectivity index (χ0) is 21.6. The van der Waals surface area contributed by atoms with Crippen molar-refractivity contribution in [3.05, 3.63) is 96.0 Å². The summed E-state index contributed by atoms with van der Waals surface area (Å²) in [4.78, 5) is 24.9. The molecule has 0 saturated heterocycles. The van der Waals surface area contributed by atoms with Crippen molar-refractivity contribution in [2.75, 3.05) is 13.2 Å². The van der Waals surface area contributed by atoms with Crippen LogP contribution in [0.3, 0.4) is 0 Å². The third-order valence-corrected chi connectivity index (χ3v) is 4.77. The van der Waals surface area contributed by atoms with Crippen molar-refractivity contribution in [1.82, 2.24) is 10.4 Å². The lowest BCUT2D eigenvalue weighted by atomic mass is 10.0. The van der Waals surface area contributed by atoms with E-state index in [0.717, 1.165) is 16.8 Å². The average molecular weight is 418 g/mol. The van der Waals surface area contributed by atoms with Gasteiger partial charge in [0, 0.05) is 5.56 Å². The van der Waals surface area contributed by atoms with Gasteiger partial charge in [-0.25, -0.2) is 9.80 Å². The fraction of sp³-hybridized carbons (Fsp3) is 0.167. The first-order valence-corrected chi connectivity index (χ1v) is 9.95. The molecule has 1 N–H and O–H groups in total. The first-order valence-electron chi connectivity index (χ1n) is 9.95. The van der Waals surface area contributed by atoms with Crippen LogP contribution in [0.4, 0.5) is 0 Å². The fourth-order valence-corrected chi connectivity index (χ4v) is 3.37. The summed E-state index contributed by atoms with van der Waals surface area (Å²) in [5, 5.41) is 1.49. The van der Waals surface area contributed by atoms with Crippen molar-refractivity contribution < 1.29 is 23.5 Å². The van der Waals surface area contributed by atoms with Gasteiger partial charge < -0.3 is 13.9 Å². The van der Waals surface area contributed by atoms with Gasteiger partial charge >= 0.3 is 11.9 Å². The first-order chi connectivity index (χ1) is 15.2. The highest BCUT2D eigenvalue weighted by Crippen LogP contribution is 2.36. The van der Waals surface area contributed by atoms with Crippen molar-refractivity contribution >= 4 is 17.6 Å². The zero-order valence-corrected chi connectivity index (χ0v) is 17.0. The molecule has 0 unspecified atom stereocenters. The molecule has 0 radical (unpaired) electrons. The summed E-state index contributed by atoms with van der Waals surface area (Å²) in [6.07, 6.45) is 3.41. The molecular weight excluding hydrogens is 396 g/mol. The Morgan fingerprint density at radius 1 is 1.03 bits per heavy atom. The molecule has 4 rings (SSSR count). The molecular formula is C24H22N2O5. The van der Waals surface area contributed by atoms with Gasteiger partial charge in [-0.05, 0) is 36.8 Å². The van der Waals surface area contributed by atoms with Crippen LogP contribution in [0, 0.1) is 0 Å². The van der Waals surface area contributed by atoms with E-state index in [0.29, 0.717) is 5.75 Å². The number of hydrazine groups is 1. The van der Waals surface area contributed by atoms with Gasteiger partial charge in [0.05, 0.1) is 18.6 Å². The summed E-state index contributed by atoms with van der Waals surface area (Å²) in [6, 6.07) is 19.8. The summed E-state index contributed by atoms with van der Waals surface area (Å²) in [6.45, 7) is 1.81. The lowest BCUT2D eigenvalue weighted by molar-refractivity contribution is -0.145. The molecule has 0 bridgehead atoms. The Bertz CT molecular complexity index is 1080. The maximum atomic E-state index is 13.2. The molecule has 2 aromatic carbocycles. The zero-order valence-electron chi connectivity index (χ0n) is 17.0. The highest BCUT2D eigenvalue weighted by atomic mass is 16.6. The van der Waals surface area contributed by atoms with E-state index in [4.69, 9.17) is 13.9 Å². The molecule has 7 heteroatoms. The predicted octanol–water partition coefficient (Wildman–Crippen LogP) is 3.96. The first kappa shape index (κ1) is 20.3. The van der Waals surface area contributed by atoms with Crippen LogP contribution in [0.25, 0.3) is 5.70 Å². The Kier molecular flexibility index (Phi) is 6.03. The Hall–Kier alpha value is -4.00. The second-order valence-corrected chi connectivity index (χ2v) is 6.79. The molecule has 1 atom stereocenters. The lowest BCUT2D eigenvalue weighted by Crippen LogP contribution is -2.39. The molecule has 3 aromatic rings. The molecule has 1 aliphatic heterocycles. The molecule has 0 aliphatic carbocycles. The summed E-state index contributed by atoms with van der Waals surface area (Å²) in [5.74, 6) is -0.0708. The Morgan fingerprint density at radius 3 is 2.55 bits per heavy atom. The van der Waals surface area contributed by atoms with E-state index >= 15 is 0 Å². The van der Waals surface area contributed by atoms with Crippen LogP contribution in [0.1, 0.15) is 34.6 Å². The monoisotopic (exact) mass is 418 g/mol. The summed E-state index contributed by atoms with van der Waals surface area (Å²) in [5.41, 5.74) is 5.64. The van der Waals surface area contributed by atoms with Crippen LogP contribution in [0.5, 0.6) is 5.75 Å².